The minimum Gasteiger partial charge on any atom is -0.463 e. The molecule has 0 aromatic heterocycles. The predicted molar refractivity (Wildman–Crippen MR) is 243 cm³/mol. The molecule has 58 heavy (non-hydrogen) atoms. The Kier molecular flexibility index (Phi) is 44.3. The van der Waals surface area contributed by atoms with Crippen molar-refractivity contribution in [3.8, 4) is 0 Å². The third-order valence-corrected chi connectivity index (χ3v) is 11.9. The minimum absolute atomic E-state index is 0.0864. The van der Waals surface area contributed by atoms with Crippen molar-refractivity contribution in [3.63, 3.8) is 0 Å². The number of esters is 1. The molecule has 0 saturated heterocycles. The zero-order chi connectivity index (χ0) is 42.5. The molecule has 0 spiro atoms. The van der Waals surface area contributed by atoms with Gasteiger partial charge in [-0.1, -0.05) is 212 Å². The SMILES string of the molecule is CCCCCCCC/C=C\CCCCCCCCCC(=O)OCC(O)COP(=O)(O)OCCNC(=O)CCCCCCCCCCCCCCCCCCCCCC. The molecule has 0 bridgehead atoms. The lowest BCUT2D eigenvalue weighted by molar-refractivity contribution is -0.147. The molecule has 2 atom stereocenters. The summed E-state index contributed by atoms with van der Waals surface area (Å²) >= 11 is 0. The van der Waals surface area contributed by atoms with Gasteiger partial charge in [0, 0.05) is 19.4 Å². The fraction of sp³-hybridized carbons (Fsp3) is 0.917. The summed E-state index contributed by atoms with van der Waals surface area (Å²) < 4.78 is 27.0. The summed E-state index contributed by atoms with van der Waals surface area (Å²) in [5.41, 5.74) is 0. The highest BCUT2D eigenvalue weighted by atomic mass is 31.2. The van der Waals surface area contributed by atoms with E-state index >= 15 is 0 Å². The monoisotopic (exact) mass is 844 g/mol. The average Bonchev–Trinajstić information content (AvgIpc) is 3.21. The van der Waals surface area contributed by atoms with Crippen LogP contribution in [0.15, 0.2) is 12.2 Å². The van der Waals surface area contributed by atoms with Crippen LogP contribution in [0.2, 0.25) is 0 Å². The molecule has 2 unspecified atom stereocenters. The van der Waals surface area contributed by atoms with Crippen molar-refractivity contribution in [2.45, 2.75) is 258 Å². The van der Waals surface area contributed by atoms with Gasteiger partial charge in [-0.2, -0.15) is 0 Å². The van der Waals surface area contributed by atoms with Crippen LogP contribution < -0.4 is 5.32 Å². The van der Waals surface area contributed by atoms with E-state index in [1.165, 1.54) is 186 Å². The van der Waals surface area contributed by atoms with Gasteiger partial charge in [-0.25, -0.2) is 4.57 Å². The van der Waals surface area contributed by atoms with Crippen molar-refractivity contribution in [3.05, 3.63) is 12.2 Å². The Balaban J connectivity index is 3.53. The van der Waals surface area contributed by atoms with Gasteiger partial charge in [0.2, 0.25) is 5.91 Å². The van der Waals surface area contributed by atoms with Crippen LogP contribution >= 0.6 is 7.82 Å². The highest BCUT2D eigenvalue weighted by molar-refractivity contribution is 7.47. The second-order valence-corrected chi connectivity index (χ2v) is 18.2. The van der Waals surface area contributed by atoms with Crippen LogP contribution in [-0.2, 0) is 27.9 Å². The molecular weight excluding hydrogens is 750 g/mol. The summed E-state index contributed by atoms with van der Waals surface area (Å²) in [6.07, 6.45) is 48.6. The standard InChI is InChI=1S/C48H94NO8P/c1-3-5-7-9-11-13-15-17-19-21-22-23-25-26-28-30-32-34-36-38-40-47(51)49-42-43-56-58(53,54)57-45-46(50)44-55-48(52)41-39-37-35-33-31-29-27-24-20-18-16-14-12-10-8-6-4-2/h18,20,46,50H,3-17,19,21-45H2,1-2H3,(H,49,51)(H,53,54)/b20-18-. The number of aliphatic hydroxyl groups excluding tert-OH is 1. The molecule has 9 nitrogen and oxygen atoms in total. The Morgan fingerprint density at radius 3 is 1.29 bits per heavy atom. The first kappa shape index (κ1) is 56.8. The number of amides is 1. The Morgan fingerprint density at radius 2 is 0.879 bits per heavy atom. The molecule has 344 valence electrons. The summed E-state index contributed by atoms with van der Waals surface area (Å²) in [5, 5.41) is 12.7. The lowest BCUT2D eigenvalue weighted by Crippen LogP contribution is -2.27. The van der Waals surface area contributed by atoms with Gasteiger partial charge in [0.25, 0.3) is 0 Å². The van der Waals surface area contributed by atoms with E-state index in [9.17, 15) is 24.2 Å². The first-order valence-electron chi connectivity index (χ1n) is 24.7. The van der Waals surface area contributed by atoms with Crippen LogP contribution in [0.5, 0.6) is 0 Å². The van der Waals surface area contributed by atoms with Gasteiger partial charge in [0.05, 0.1) is 13.2 Å². The van der Waals surface area contributed by atoms with Crippen molar-refractivity contribution >= 4 is 19.7 Å². The smallest absolute Gasteiger partial charge is 0.463 e. The zero-order valence-electron chi connectivity index (χ0n) is 38.0. The molecule has 0 aliphatic carbocycles. The van der Waals surface area contributed by atoms with Crippen molar-refractivity contribution in [1.82, 2.24) is 5.32 Å². The van der Waals surface area contributed by atoms with E-state index in [1.807, 2.05) is 0 Å². The molecule has 0 aliphatic rings. The number of ether oxygens (including phenoxy) is 1. The van der Waals surface area contributed by atoms with Crippen LogP contribution in [-0.4, -0.2) is 54.3 Å². The normalized spacial score (nSPS) is 13.2. The molecule has 0 radical (unpaired) electrons. The lowest BCUT2D eigenvalue weighted by Gasteiger charge is -2.15. The Hall–Kier alpha value is -1.25. The molecule has 10 heteroatoms. The number of unbranched alkanes of at least 4 members (excludes halogenated alkanes) is 32. The Bertz CT molecular complexity index is 964. The zero-order valence-corrected chi connectivity index (χ0v) is 38.9. The van der Waals surface area contributed by atoms with E-state index < -0.39 is 26.5 Å². The number of aliphatic hydroxyl groups is 1. The summed E-state index contributed by atoms with van der Waals surface area (Å²) in [7, 11) is -4.42. The fourth-order valence-electron chi connectivity index (χ4n) is 7.20. The first-order chi connectivity index (χ1) is 28.3. The average molecular weight is 844 g/mol. The van der Waals surface area contributed by atoms with E-state index in [0.717, 1.165) is 38.5 Å². The van der Waals surface area contributed by atoms with Gasteiger partial charge in [0.15, 0.2) is 0 Å². The Labute approximate surface area is 358 Å². The van der Waals surface area contributed by atoms with Crippen molar-refractivity contribution in [2.75, 3.05) is 26.4 Å². The number of carbonyl (C=O) groups is 2. The fourth-order valence-corrected chi connectivity index (χ4v) is 7.96. The summed E-state index contributed by atoms with van der Waals surface area (Å²) in [6.45, 7) is 3.60. The quantitative estimate of drug-likeness (QED) is 0.0239. The molecule has 1 amide bonds. The van der Waals surface area contributed by atoms with Gasteiger partial charge < -0.3 is 20.1 Å². The number of nitrogens with one attached hydrogen (secondary N) is 1. The maximum atomic E-state index is 12.1. The van der Waals surface area contributed by atoms with Crippen molar-refractivity contribution < 1.29 is 37.9 Å². The van der Waals surface area contributed by atoms with Crippen LogP contribution in [0.1, 0.15) is 251 Å². The van der Waals surface area contributed by atoms with E-state index in [2.05, 4.69) is 31.3 Å². The maximum absolute atomic E-state index is 12.1. The largest absolute Gasteiger partial charge is 0.472 e. The van der Waals surface area contributed by atoms with Gasteiger partial charge in [-0.05, 0) is 38.5 Å². The second kappa shape index (κ2) is 45.3. The van der Waals surface area contributed by atoms with Crippen molar-refractivity contribution in [1.29, 1.82) is 0 Å². The predicted octanol–water partition coefficient (Wildman–Crippen LogP) is 14.2. The number of phosphoric ester groups is 1. The highest BCUT2D eigenvalue weighted by Crippen LogP contribution is 2.42. The minimum atomic E-state index is -4.42. The van der Waals surface area contributed by atoms with E-state index in [1.54, 1.807) is 0 Å². The number of phosphoric acid groups is 1. The summed E-state index contributed by atoms with van der Waals surface area (Å²) in [6, 6.07) is 0. The first-order valence-corrected chi connectivity index (χ1v) is 26.2. The molecule has 3 N–H and O–H groups in total. The van der Waals surface area contributed by atoms with Crippen LogP contribution in [0.25, 0.3) is 0 Å². The summed E-state index contributed by atoms with van der Waals surface area (Å²) in [5.74, 6) is -0.508. The van der Waals surface area contributed by atoms with Gasteiger partial charge in [0.1, 0.15) is 12.7 Å². The third kappa shape index (κ3) is 45.8. The number of hydrogen-bond donors (Lipinski definition) is 3. The molecule has 0 heterocycles. The topological polar surface area (TPSA) is 131 Å². The Morgan fingerprint density at radius 1 is 0.517 bits per heavy atom. The van der Waals surface area contributed by atoms with Gasteiger partial charge >= 0.3 is 13.8 Å². The van der Waals surface area contributed by atoms with Gasteiger partial charge in [-0.3, -0.25) is 18.6 Å². The molecule has 0 rings (SSSR count). The number of rotatable bonds is 47. The van der Waals surface area contributed by atoms with Crippen molar-refractivity contribution in [2.24, 2.45) is 0 Å². The number of carbonyl (C=O) groups excluding carboxylic acids is 2. The van der Waals surface area contributed by atoms with Gasteiger partial charge in [-0.15, -0.1) is 0 Å². The third-order valence-electron chi connectivity index (χ3n) is 10.9. The molecule has 0 aliphatic heterocycles. The summed E-state index contributed by atoms with van der Waals surface area (Å²) in [4.78, 5) is 34.0. The van der Waals surface area contributed by atoms with E-state index in [-0.39, 0.29) is 32.1 Å². The molecule has 0 aromatic rings. The molecule has 0 saturated carbocycles. The lowest BCUT2D eigenvalue weighted by atomic mass is 10.0. The van der Waals surface area contributed by atoms with E-state index in [4.69, 9.17) is 13.8 Å². The number of allylic oxidation sites excluding steroid dienone is 2. The molecular formula is C48H94NO8P. The molecule has 0 aromatic carbocycles. The maximum Gasteiger partial charge on any atom is 0.472 e. The molecule has 0 fully saturated rings. The second-order valence-electron chi connectivity index (χ2n) is 16.8. The van der Waals surface area contributed by atoms with Crippen LogP contribution in [0.3, 0.4) is 0 Å². The number of hydrogen-bond acceptors (Lipinski definition) is 7. The van der Waals surface area contributed by atoms with Crippen LogP contribution in [0, 0.1) is 0 Å². The van der Waals surface area contributed by atoms with E-state index in [0.29, 0.717) is 6.42 Å². The van der Waals surface area contributed by atoms with Crippen LogP contribution in [0.4, 0.5) is 0 Å². The highest BCUT2D eigenvalue weighted by Gasteiger charge is 2.23.